The van der Waals surface area contributed by atoms with Crippen molar-refractivity contribution in [2.45, 2.75) is 45.1 Å². The van der Waals surface area contributed by atoms with E-state index in [0.29, 0.717) is 19.0 Å². The Morgan fingerprint density at radius 2 is 2.20 bits per heavy atom. The molecule has 1 saturated heterocycles. The summed E-state index contributed by atoms with van der Waals surface area (Å²) < 4.78 is 34.9. The highest BCUT2D eigenvalue weighted by molar-refractivity contribution is 7.87. The first kappa shape index (κ1) is 14.1. The number of fused-ring (bicyclic) bond motifs is 1. The summed E-state index contributed by atoms with van der Waals surface area (Å²) in [6.07, 6.45) is 6.42. The van der Waals surface area contributed by atoms with Crippen LogP contribution >= 0.6 is 0 Å². The molecule has 0 aromatic carbocycles. The van der Waals surface area contributed by atoms with Gasteiger partial charge in [0.15, 0.2) is 0 Å². The molecule has 2 unspecified atom stereocenters. The van der Waals surface area contributed by atoms with Crippen molar-refractivity contribution in [3.8, 4) is 0 Å². The smallest absolute Gasteiger partial charge is 0.280 e. The first-order valence-corrected chi connectivity index (χ1v) is 8.84. The maximum atomic E-state index is 12.5. The molecule has 3 rings (SSSR count). The van der Waals surface area contributed by atoms with Crippen molar-refractivity contribution in [2.24, 2.45) is 5.92 Å². The highest BCUT2D eigenvalue weighted by Gasteiger charge is 2.32. The van der Waals surface area contributed by atoms with Crippen LogP contribution in [0.3, 0.4) is 0 Å². The summed E-state index contributed by atoms with van der Waals surface area (Å²) in [5.74, 6) is 1.37. The average molecular weight is 298 g/mol. The van der Waals surface area contributed by atoms with Crippen LogP contribution in [0.1, 0.15) is 50.0 Å². The molecular weight excluding hydrogens is 276 g/mol. The van der Waals surface area contributed by atoms with Gasteiger partial charge >= 0.3 is 0 Å². The summed E-state index contributed by atoms with van der Waals surface area (Å²) >= 11 is 0. The molecule has 2 atom stereocenters. The van der Waals surface area contributed by atoms with Gasteiger partial charge in [0, 0.05) is 25.1 Å². The van der Waals surface area contributed by atoms with Crippen molar-refractivity contribution < 1.29 is 12.8 Å². The maximum absolute atomic E-state index is 12.5. The molecule has 1 aromatic heterocycles. The summed E-state index contributed by atoms with van der Waals surface area (Å²) in [4.78, 5) is 0. The molecule has 1 aliphatic carbocycles. The van der Waals surface area contributed by atoms with Crippen LogP contribution < -0.4 is 4.72 Å². The van der Waals surface area contributed by atoms with E-state index in [9.17, 15) is 8.42 Å². The number of piperidine rings is 1. The summed E-state index contributed by atoms with van der Waals surface area (Å²) in [6.45, 7) is 3.36. The Hall–Kier alpha value is -0.850. The second-order valence-corrected chi connectivity index (χ2v) is 7.67. The molecule has 5 nitrogen and oxygen atoms in total. The Kier molecular flexibility index (Phi) is 3.88. The minimum atomic E-state index is -3.39. The van der Waals surface area contributed by atoms with E-state index in [1.165, 1.54) is 0 Å². The first-order chi connectivity index (χ1) is 9.56. The Labute approximate surface area is 120 Å². The number of hydrogen-bond acceptors (Lipinski definition) is 3. The lowest BCUT2D eigenvalue weighted by atomic mass is 9.94. The van der Waals surface area contributed by atoms with Gasteiger partial charge in [-0.15, -0.1) is 0 Å². The molecule has 0 spiro atoms. The molecule has 1 N–H and O–H groups in total. The molecule has 0 bridgehead atoms. The monoisotopic (exact) mass is 298 g/mol. The topological polar surface area (TPSA) is 62.6 Å². The zero-order chi connectivity index (χ0) is 14.2. The Bertz CT molecular complexity index is 567. The molecule has 1 aromatic rings. The Morgan fingerprint density at radius 1 is 1.35 bits per heavy atom. The fourth-order valence-electron chi connectivity index (χ4n) is 3.23. The average Bonchev–Trinajstić information content (AvgIpc) is 2.88. The summed E-state index contributed by atoms with van der Waals surface area (Å²) in [5, 5.41) is 0. The molecular formula is C14H22N2O3S. The molecule has 0 radical (unpaired) electrons. The molecule has 2 heterocycles. The van der Waals surface area contributed by atoms with Crippen LogP contribution in [0, 0.1) is 5.92 Å². The van der Waals surface area contributed by atoms with Gasteiger partial charge in [0.25, 0.3) is 10.2 Å². The third-order valence-corrected chi connectivity index (χ3v) is 5.90. The molecule has 1 fully saturated rings. The summed E-state index contributed by atoms with van der Waals surface area (Å²) in [7, 11) is -3.39. The van der Waals surface area contributed by atoms with Crippen LogP contribution in [0.4, 0.5) is 0 Å². The van der Waals surface area contributed by atoms with Crippen molar-refractivity contribution in [1.82, 2.24) is 9.03 Å². The van der Waals surface area contributed by atoms with Crippen molar-refractivity contribution in [3.05, 3.63) is 23.7 Å². The van der Waals surface area contributed by atoms with Crippen molar-refractivity contribution in [1.29, 1.82) is 0 Å². The lowest BCUT2D eigenvalue weighted by molar-refractivity contribution is 0.275. The molecule has 2 aliphatic rings. The molecule has 20 heavy (non-hydrogen) atoms. The number of nitrogens with one attached hydrogen (secondary N) is 1. The van der Waals surface area contributed by atoms with E-state index in [2.05, 4.69) is 11.6 Å². The van der Waals surface area contributed by atoms with Crippen molar-refractivity contribution in [2.75, 3.05) is 13.1 Å². The lowest BCUT2D eigenvalue weighted by Crippen LogP contribution is -2.46. The Balaban J connectivity index is 1.74. The van der Waals surface area contributed by atoms with Crippen LogP contribution in [-0.2, 0) is 16.6 Å². The van der Waals surface area contributed by atoms with Gasteiger partial charge in [0.1, 0.15) is 5.76 Å². The van der Waals surface area contributed by atoms with E-state index in [4.69, 9.17) is 4.42 Å². The number of hydrogen-bond donors (Lipinski definition) is 1. The quantitative estimate of drug-likeness (QED) is 0.930. The van der Waals surface area contributed by atoms with Crippen molar-refractivity contribution in [3.63, 3.8) is 0 Å². The predicted octanol–water partition coefficient (Wildman–Crippen LogP) is 2.22. The summed E-state index contributed by atoms with van der Waals surface area (Å²) in [5.41, 5.74) is 1.00. The van der Waals surface area contributed by atoms with Gasteiger partial charge in [-0.3, -0.25) is 0 Å². The fraction of sp³-hybridized carbons (Fsp3) is 0.714. The second-order valence-electron chi connectivity index (χ2n) is 5.97. The number of aryl methyl sites for hydroxylation is 1. The van der Waals surface area contributed by atoms with E-state index < -0.39 is 10.2 Å². The molecule has 1 aliphatic heterocycles. The van der Waals surface area contributed by atoms with Crippen LogP contribution in [0.15, 0.2) is 16.7 Å². The van der Waals surface area contributed by atoms with E-state index >= 15 is 0 Å². The minimum absolute atomic E-state index is 0.139. The third-order valence-electron chi connectivity index (χ3n) is 4.30. The predicted molar refractivity (Wildman–Crippen MR) is 76.4 cm³/mol. The zero-order valence-corrected chi connectivity index (χ0v) is 12.7. The van der Waals surface area contributed by atoms with Gasteiger partial charge in [-0.25, -0.2) is 0 Å². The van der Waals surface area contributed by atoms with Crippen molar-refractivity contribution >= 4 is 10.2 Å². The first-order valence-electron chi connectivity index (χ1n) is 7.40. The Morgan fingerprint density at radius 3 is 3.00 bits per heavy atom. The maximum Gasteiger partial charge on any atom is 0.280 e. The number of furan rings is 1. The zero-order valence-electron chi connectivity index (χ0n) is 11.8. The molecule has 112 valence electrons. The largest absolute Gasteiger partial charge is 0.469 e. The molecule has 6 heteroatoms. The normalized spacial score (nSPS) is 28.2. The van der Waals surface area contributed by atoms with Gasteiger partial charge in [0.2, 0.25) is 0 Å². The number of rotatable bonds is 3. The SMILES string of the molecule is CC1CCCN(S(=O)(=O)NC2CCCc3occc32)C1. The van der Waals surface area contributed by atoms with Crippen LogP contribution in [0.5, 0.6) is 0 Å². The highest BCUT2D eigenvalue weighted by atomic mass is 32.2. The van der Waals surface area contributed by atoms with Gasteiger partial charge in [-0.05, 0) is 37.7 Å². The highest BCUT2D eigenvalue weighted by Crippen LogP contribution is 2.31. The number of nitrogens with zero attached hydrogens (tertiary/aromatic N) is 1. The van der Waals surface area contributed by atoms with Crippen LogP contribution in [0.25, 0.3) is 0 Å². The molecule has 0 amide bonds. The van der Waals surface area contributed by atoms with E-state index in [1.807, 2.05) is 6.07 Å². The minimum Gasteiger partial charge on any atom is -0.469 e. The van der Waals surface area contributed by atoms with E-state index in [1.54, 1.807) is 10.6 Å². The van der Waals surface area contributed by atoms with Gasteiger partial charge in [-0.2, -0.15) is 17.4 Å². The standard InChI is InChI=1S/C14H22N2O3S/c1-11-4-3-8-16(10-11)20(17,18)15-13-5-2-6-14-12(13)7-9-19-14/h7,9,11,13,15H,2-6,8,10H2,1H3. The van der Waals surface area contributed by atoms with E-state index in [-0.39, 0.29) is 6.04 Å². The third kappa shape index (κ3) is 2.77. The fourth-order valence-corrected chi connectivity index (χ4v) is 4.80. The lowest BCUT2D eigenvalue weighted by Gasteiger charge is -2.32. The second kappa shape index (κ2) is 5.50. The summed E-state index contributed by atoms with van der Waals surface area (Å²) in [6, 6.07) is 1.75. The van der Waals surface area contributed by atoms with Gasteiger partial charge < -0.3 is 4.42 Å². The van der Waals surface area contributed by atoms with Crippen LogP contribution in [-0.4, -0.2) is 25.8 Å². The van der Waals surface area contributed by atoms with E-state index in [0.717, 1.165) is 43.4 Å². The van der Waals surface area contributed by atoms with Gasteiger partial charge in [0.05, 0.1) is 12.3 Å². The van der Waals surface area contributed by atoms with Gasteiger partial charge in [-0.1, -0.05) is 6.92 Å². The van der Waals surface area contributed by atoms with Crippen LogP contribution in [0.2, 0.25) is 0 Å². The molecule has 0 saturated carbocycles.